The van der Waals surface area contributed by atoms with E-state index in [1.54, 1.807) is 6.20 Å². The third kappa shape index (κ3) is 2.43. The Kier molecular flexibility index (Phi) is 3.43. The number of nitrogens with zero attached hydrogens (tertiary/aromatic N) is 4. The lowest BCUT2D eigenvalue weighted by molar-refractivity contribution is 1.18. The molecule has 0 aliphatic carbocycles. The highest BCUT2D eigenvalue weighted by Gasteiger charge is 2.27. The molecule has 1 aliphatic rings. The fraction of sp³-hybridized carbons (Fsp3) is 0. The summed E-state index contributed by atoms with van der Waals surface area (Å²) in [5.74, 6) is 0.695. The number of benzene rings is 3. The van der Waals surface area contributed by atoms with Crippen molar-refractivity contribution in [1.29, 1.82) is 0 Å². The molecule has 0 bridgehead atoms. The molecule has 2 aromatic heterocycles. The van der Waals surface area contributed by atoms with E-state index in [1.807, 2.05) is 24.4 Å². The second-order valence-electron chi connectivity index (χ2n) is 7.00. The van der Waals surface area contributed by atoms with Crippen LogP contribution in [0.4, 0.5) is 17.1 Å². The van der Waals surface area contributed by atoms with Crippen molar-refractivity contribution in [3.8, 4) is 22.6 Å². The maximum Gasteiger partial charge on any atom is 0.161 e. The maximum absolute atomic E-state index is 4.99. The van der Waals surface area contributed by atoms with Crippen LogP contribution >= 0.6 is 0 Å². The third-order valence-corrected chi connectivity index (χ3v) is 5.28. The van der Waals surface area contributed by atoms with Crippen molar-refractivity contribution >= 4 is 28.0 Å². The molecule has 0 saturated heterocycles. The second-order valence-corrected chi connectivity index (χ2v) is 7.00. The van der Waals surface area contributed by atoms with Crippen molar-refractivity contribution in [2.24, 2.45) is 0 Å². The predicted octanol–water partition coefficient (Wildman–Crippen LogP) is 6.14. The number of hydrogen-bond acceptors (Lipinski definition) is 4. The van der Waals surface area contributed by atoms with Crippen LogP contribution in [0.3, 0.4) is 0 Å². The van der Waals surface area contributed by atoms with E-state index in [1.165, 1.54) is 0 Å². The standard InChI is InChI=1S/C25H16N4/c1-2-9-18(10-3-1)29-21-13-5-4-11-19(21)24-23-20(12-6-14-22(23)29)27-25(28-24)17-8-7-15-26-16-17/h1-16H. The molecule has 3 heterocycles. The van der Waals surface area contributed by atoms with Gasteiger partial charge in [0.2, 0.25) is 0 Å². The minimum absolute atomic E-state index is 0.695. The van der Waals surface area contributed by atoms with Gasteiger partial charge in [0.05, 0.1) is 28.0 Å². The van der Waals surface area contributed by atoms with E-state index in [-0.39, 0.29) is 0 Å². The molecule has 0 fully saturated rings. The summed E-state index contributed by atoms with van der Waals surface area (Å²) in [6, 6.07) is 29.0. The Morgan fingerprint density at radius 2 is 1.48 bits per heavy atom. The van der Waals surface area contributed by atoms with Gasteiger partial charge < -0.3 is 4.90 Å². The maximum atomic E-state index is 4.99. The van der Waals surface area contributed by atoms with Crippen molar-refractivity contribution < 1.29 is 0 Å². The van der Waals surface area contributed by atoms with Gasteiger partial charge in [-0.2, -0.15) is 0 Å². The van der Waals surface area contributed by atoms with Crippen molar-refractivity contribution in [3.05, 3.63) is 97.3 Å². The first kappa shape index (κ1) is 16.0. The monoisotopic (exact) mass is 372 g/mol. The molecule has 3 aromatic carbocycles. The summed E-state index contributed by atoms with van der Waals surface area (Å²) in [4.78, 5) is 16.4. The summed E-state index contributed by atoms with van der Waals surface area (Å²) >= 11 is 0. The summed E-state index contributed by atoms with van der Waals surface area (Å²) in [6.45, 7) is 0. The van der Waals surface area contributed by atoms with E-state index in [0.29, 0.717) is 5.82 Å². The van der Waals surface area contributed by atoms with Crippen LogP contribution in [0, 0.1) is 0 Å². The number of fused-ring (bicyclic) bond motifs is 2. The first-order valence-corrected chi connectivity index (χ1v) is 9.56. The summed E-state index contributed by atoms with van der Waals surface area (Å²) < 4.78 is 0. The lowest BCUT2D eigenvalue weighted by atomic mass is 9.96. The first-order chi connectivity index (χ1) is 14.4. The van der Waals surface area contributed by atoms with E-state index >= 15 is 0 Å². The van der Waals surface area contributed by atoms with E-state index < -0.39 is 0 Å². The third-order valence-electron chi connectivity index (χ3n) is 5.28. The second kappa shape index (κ2) is 6.24. The largest absolute Gasteiger partial charge is 0.309 e. The van der Waals surface area contributed by atoms with Crippen LogP contribution < -0.4 is 4.90 Å². The molecule has 4 heteroatoms. The van der Waals surface area contributed by atoms with E-state index in [4.69, 9.17) is 9.97 Å². The van der Waals surface area contributed by atoms with E-state index in [9.17, 15) is 0 Å². The molecule has 5 aromatic rings. The molecule has 0 atom stereocenters. The minimum atomic E-state index is 0.695. The number of rotatable bonds is 2. The highest BCUT2D eigenvalue weighted by Crippen LogP contribution is 2.49. The van der Waals surface area contributed by atoms with Crippen LogP contribution in [-0.2, 0) is 0 Å². The lowest BCUT2D eigenvalue weighted by Gasteiger charge is -2.32. The highest BCUT2D eigenvalue weighted by molar-refractivity contribution is 6.11. The minimum Gasteiger partial charge on any atom is -0.309 e. The average Bonchev–Trinajstić information content (AvgIpc) is 2.80. The molecule has 0 amide bonds. The van der Waals surface area contributed by atoms with Crippen molar-refractivity contribution in [3.63, 3.8) is 0 Å². The van der Waals surface area contributed by atoms with Crippen LogP contribution in [-0.4, -0.2) is 15.0 Å². The number of pyridine rings is 1. The smallest absolute Gasteiger partial charge is 0.161 e. The van der Waals surface area contributed by atoms with Gasteiger partial charge in [0, 0.05) is 29.2 Å². The molecular formula is C25H16N4. The van der Waals surface area contributed by atoms with Crippen LogP contribution in [0.25, 0.3) is 33.5 Å². The van der Waals surface area contributed by atoms with Crippen LogP contribution in [0.5, 0.6) is 0 Å². The average molecular weight is 372 g/mol. The Morgan fingerprint density at radius 1 is 0.655 bits per heavy atom. The van der Waals surface area contributed by atoms with Crippen molar-refractivity contribution in [1.82, 2.24) is 15.0 Å². The van der Waals surface area contributed by atoms with Crippen LogP contribution in [0.15, 0.2) is 97.3 Å². The highest BCUT2D eigenvalue weighted by atomic mass is 15.2. The first-order valence-electron chi connectivity index (χ1n) is 9.56. The molecular weight excluding hydrogens is 356 g/mol. The quantitative estimate of drug-likeness (QED) is 0.366. The Balaban J connectivity index is 1.71. The topological polar surface area (TPSA) is 41.9 Å². The molecule has 136 valence electrons. The molecule has 0 spiro atoms. The van der Waals surface area contributed by atoms with Gasteiger partial charge in [-0.25, -0.2) is 9.97 Å². The van der Waals surface area contributed by atoms with Gasteiger partial charge in [-0.15, -0.1) is 0 Å². The zero-order valence-electron chi connectivity index (χ0n) is 15.5. The summed E-state index contributed by atoms with van der Waals surface area (Å²) in [6.07, 6.45) is 3.57. The van der Waals surface area contributed by atoms with E-state index in [0.717, 1.165) is 44.8 Å². The molecule has 4 nitrogen and oxygen atoms in total. The van der Waals surface area contributed by atoms with Gasteiger partial charge in [0.1, 0.15) is 0 Å². The normalized spacial score (nSPS) is 12.1. The fourth-order valence-corrected chi connectivity index (χ4v) is 4.02. The molecule has 0 N–H and O–H groups in total. The van der Waals surface area contributed by atoms with Gasteiger partial charge in [0.15, 0.2) is 5.82 Å². The van der Waals surface area contributed by atoms with Crippen LogP contribution in [0.1, 0.15) is 0 Å². The van der Waals surface area contributed by atoms with Crippen molar-refractivity contribution in [2.45, 2.75) is 0 Å². The number of hydrogen-bond donors (Lipinski definition) is 0. The number of para-hydroxylation sites is 2. The molecule has 0 radical (unpaired) electrons. The van der Waals surface area contributed by atoms with Gasteiger partial charge in [-0.05, 0) is 42.5 Å². The van der Waals surface area contributed by atoms with Gasteiger partial charge in [0.25, 0.3) is 0 Å². The lowest BCUT2D eigenvalue weighted by Crippen LogP contribution is -2.16. The Morgan fingerprint density at radius 3 is 2.34 bits per heavy atom. The molecule has 1 aliphatic heterocycles. The SMILES string of the molecule is c1ccc(N2c3ccccc3-c3nc(-c4cccnc4)nc4cccc2c34)cc1. The number of aromatic nitrogens is 3. The molecule has 6 rings (SSSR count). The summed E-state index contributed by atoms with van der Waals surface area (Å²) in [5, 5.41) is 1.07. The van der Waals surface area contributed by atoms with E-state index in [2.05, 4.69) is 76.6 Å². The predicted molar refractivity (Wildman–Crippen MR) is 116 cm³/mol. The molecule has 0 saturated carbocycles. The molecule has 0 unspecified atom stereocenters. The fourth-order valence-electron chi connectivity index (χ4n) is 4.02. The number of anilines is 3. The molecule has 29 heavy (non-hydrogen) atoms. The van der Waals surface area contributed by atoms with Gasteiger partial charge in [-0.3, -0.25) is 4.98 Å². The van der Waals surface area contributed by atoms with Crippen molar-refractivity contribution in [2.75, 3.05) is 4.90 Å². The van der Waals surface area contributed by atoms with Gasteiger partial charge in [-0.1, -0.05) is 42.5 Å². The zero-order valence-corrected chi connectivity index (χ0v) is 15.5. The summed E-state index contributed by atoms with van der Waals surface area (Å²) in [5.41, 5.74) is 7.25. The van der Waals surface area contributed by atoms with Crippen LogP contribution in [0.2, 0.25) is 0 Å². The van der Waals surface area contributed by atoms with Gasteiger partial charge >= 0.3 is 0 Å². The Bertz CT molecular complexity index is 1350. The zero-order chi connectivity index (χ0) is 19.2. The Hall–Kier alpha value is -4.05. The Labute approximate surface area is 168 Å². The summed E-state index contributed by atoms with van der Waals surface area (Å²) in [7, 11) is 0.